The minimum absolute atomic E-state index is 0.266. The average Bonchev–Trinajstić information content (AvgIpc) is 3.01. The fourth-order valence-electron chi connectivity index (χ4n) is 4.11. The number of aliphatic imine (C=N–C) groups is 2. The number of carbonyl (C=O) groups excluding carboxylic acids is 1. The summed E-state index contributed by atoms with van der Waals surface area (Å²) in [6, 6.07) is -3.65. The normalized spacial score (nSPS) is 35.2. The third-order valence-corrected chi connectivity index (χ3v) is 5.45. The van der Waals surface area contributed by atoms with Crippen LogP contribution in [0.2, 0.25) is 0 Å². The molecule has 16 nitrogen and oxygen atoms in total. The third kappa shape index (κ3) is 3.20. The van der Waals surface area contributed by atoms with E-state index in [-0.39, 0.29) is 18.3 Å². The van der Waals surface area contributed by atoms with E-state index < -0.39 is 65.4 Å². The summed E-state index contributed by atoms with van der Waals surface area (Å²) in [5.74, 6) is -3.72. The molecule has 1 amide bonds. The number of ether oxygens (including phenoxy) is 1. The monoisotopic (exact) mass is 439 g/mol. The molecule has 0 unspecified atom stereocenters. The highest BCUT2D eigenvalue weighted by Gasteiger charge is 2.77. The Morgan fingerprint density at radius 1 is 1.31 bits per heavy atom. The largest absolute Gasteiger partial charge is 0.447 e. The van der Waals surface area contributed by atoms with Crippen LogP contribution in [-0.4, -0.2) is 100 Å². The number of primary amides is 1. The predicted octanol–water partition coefficient (Wildman–Crippen LogP) is -5.30. The van der Waals surface area contributed by atoms with Gasteiger partial charge in [0.25, 0.3) is 0 Å². The van der Waals surface area contributed by atoms with Gasteiger partial charge in [0.1, 0.15) is 18.7 Å². The van der Waals surface area contributed by atoms with Crippen LogP contribution < -0.4 is 22.5 Å². The van der Waals surface area contributed by atoms with E-state index in [0.717, 1.165) is 4.90 Å². The molecule has 0 aromatic carbocycles. The minimum Gasteiger partial charge on any atom is -0.447 e. The number of nitrogens with two attached hydrogens (primary N) is 3. The molecule has 0 aliphatic carbocycles. The van der Waals surface area contributed by atoms with E-state index in [4.69, 9.17) is 26.5 Å². The lowest BCUT2D eigenvalue weighted by molar-refractivity contribution is -0.253. The molecule has 164 valence electrons. The molecule has 0 aromatic rings. The number of aliphatic hydroxyl groups excluding tert-OH is 1. The van der Waals surface area contributed by atoms with Gasteiger partial charge in [-0.1, -0.05) is 0 Å². The molecule has 17 heteroatoms. The van der Waals surface area contributed by atoms with E-state index in [2.05, 4.69) is 19.5 Å². The van der Waals surface area contributed by atoms with Crippen molar-refractivity contribution in [3.05, 3.63) is 0 Å². The lowest BCUT2D eigenvalue weighted by atomic mass is 9.86. The van der Waals surface area contributed by atoms with Crippen LogP contribution in [0.15, 0.2) is 9.98 Å². The SMILES string of the molecule is NC(=O)OC[C@@H]1N=C(N)N2[C@@H](CCO)[C@H](OS(=O)(=O)O)C(O)(O)[C@@]23NC(N)=N[C@@H]13. The van der Waals surface area contributed by atoms with E-state index >= 15 is 0 Å². The molecule has 1 saturated heterocycles. The third-order valence-electron chi connectivity index (χ3n) is 5.00. The fourth-order valence-corrected chi connectivity index (χ4v) is 4.63. The molecule has 29 heavy (non-hydrogen) atoms. The molecule has 0 aromatic heterocycles. The maximum Gasteiger partial charge on any atom is 0.404 e. The van der Waals surface area contributed by atoms with E-state index in [9.17, 15) is 28.5 Å². The lowest BCUT2D eigenvalue weighted by Gasteiger charge is -2.49. The number of hydrogen-bond donors (Lipinski definition) is 8. The van der Waals surface area contributed by atoms with Crippen molar-refractivity contribution in [2.24, 2.45) is 27.2 Å². The Balaban J connectivity index is 2.14. The highest BCUT2D eigenvalue weighted by molar-refractivity contribution is 7.80. The molecule has 0 bridgehead atoms. The van der Waals surface area contributed by atoms with Gasteiger partial charge in [-0.05, 0) is 6.42 Å². The molecule has 3 aliphatic heterocycles. The van der Waals surface area contributed by atoms with Gasteiger partial charge in [-0.25, -0.2) is 19.0 Å². The van der Waals surface area contributed by atoms with Crippen LogP contribution >= 0.6 is 0 Å². The maximum atomic E-state index is 11.3. The summed E-state index contributed by atoms with van der Waals surface area (Å²) in [7, 11) is -5.16. The molecule has 0 saturated carbocycles. The Morgan fingerprint density at radius 2 is 1.97 bits per heavy atom. The first-order valence-electron chi connectivity index (χ1n) is 8.22. The molecule has 3 rings (SSSR count). The van der Waals surface area contributed by atoms with Crippen molar-refractivity contribution in [2.75, 3.05) is 13.2 Å². The Labute approximate surface area is 163 Å². The van der Waals surface area contributed by atoms with E-state index in [1.165, 1.54) is 0 Å². The van der Waals surface area contributed by atoms with E-state index in [1.54, 1.807) is 0 Å². The van der Waals surface area contributed by atoms with Crippen molar-refractivity contribution in [2.45, 2.75) is 42.1 Å². The molecule has 5 atom stereocenters. The number of amides is 1. The highest BCUT2D eigenvalue weighted by Crippen LogP contribution is 2.49. The zero-order chi connectivity index (χ0) is 21.8. The standard InChI is InChI=1S/C12H21N7O9S/c13-8-17-6-4(3-27-10(15)21)16-9(14)19-5(1-2-20)7(28-29(24,25)26)12(22,23)11(6,19)18-8/h4-7,20,22-23H,1-3H2,(H2,14,16)(H2,15,21)(H3,13,17,18)(H,24,25,26)/t4-,5-,6-,7-,11-/m0/s1. The molecule has 1 fully saturated rings. The topological polar surface area (TPSA) is 269 Å². The van der Waals surface area contributed by atoms with E-state index in [1.807, 2.05) is 0 Å². The summed E-state index contributed by atoms with van der Waals surface area (Å²) in [5.41, 5.74) is 14.5. The van der Waals surface area contributed by atoms with Gasteiger partial charge in [-0.2, -0.15) is 8.42 Å². The van der Waals surface area contributed by atoms with Gasteiger partial charge >= 0.3 is 16.5 Å². The van der Waals surface area contributed by atoms with Crippen LogP contribution in [0.3, 0.4) is 0 Å². The summed E-state index contributed by atoms with van der Waals surface area (Å²) in [6.07, 6.45) is -3.43. The van der Waals surface area contributed by atoms with Crippen LogP contribution in [0.25, 0.3) is 0 Å². The van der Waals surface area contributed by atoms with Gasteiger partial charge < -0.3 is 47.5 Å². The number of guanidine groups is 2. The van der Waals surface area contributed by atoms with Crippen molar-refractivity contribution >= 4 is 28.4 Å². The Bertz CT molecular complexity index is 862. The van der Waals surface area contributed by atoms with Crippen LogP contribution in [-0.2, 0) is 19.3 Å². The zero-order valence-electron chi connectivity index (χ0n) is 14.7. The van der Waals surface area contributed by atoms with Crippen LogP contribution in [0.4, 0.5) is 4.79 Å². The molecule has 3 heterocycles. The van der Waals surface area contributed by atoms with Crippen LogP contribution in [0.1, 0.15) is 6.42 Å². The number of rotatable bonds is 6. The highest BCUT2D eigenvalue weighted by atomic mass is 32.3. The number of hydrogen-bond acceptors (Lipinski definition) is 14. The van der Waals surface area contributed by atoms with Crippen LogP contribution in [0, 0.1) is 0 Å². The zero-order valence-corrected chi connectivity index (χ0v) is 15.6. The molecular formula is C12H21N7O9S. The first-order valence-corrected chi connectivity index (χ1v) is 9.59. The first kappa shape index (κ1) is 21.3. The lowest BCUT2D eigenvalue weighted by Crippen LogP contribution is -2.78. The van der Waals surface area contributed by atoms with Gasteiger partial charge in [0.15, 0.2) is 23.7 Å². The Morgan fingerprint density at radius 3 is 2.52 bits per heavy atom. The van der Waals surface area contributed by atoms with Crippen molar-refractivity contribution in [1.82, 2.24) is 10.2 Å². The summed E-state index contributed by atoms with van der Waals surface area (Å²) < 4.78 is 41.0. The Hall–Kier alpha value is -2.44. The van der Waals surface area contributed by atoms with Gasteiger partial charge in [0, 0.05) is 6.61 Å². The van der Waals surface area contributed by atoms with Crippen LogP contribution in [0.5, 0.6) is 0 Å². The average molecular weight is 439 g/mol. The van der Waals surface area contributed by atoms with Gasteiger partial charge in [0.2, 0.25) is 5.79 Å². The number of nitrogens with zero attached hydrogens (tertiary/aromatic N) is 3. The molecule has 1 spiro atoms. The summed E-state index contributed by atoms with van der Waals surface area (Å²) >= 11 is 0. The molecule has 11 N–H and O–H groups in total. The van der Waals surface area contributed by atoms with Crippen molar-refractivity contribution < 1.29 is 42.0 Å². The molecule has 0 radical (unpaired) electrons. The number of aliphatic hydroxyl groups is 3. The second-order valence-corrected chi connectivity index (χ2v) is 7.70. The van der Waals surface area contributed by atoms with Gasteiger partial charge in [0.05, 0.1) is 6.04 Å². The second-order valence-electron chi connectivity index (χ2n) is 6.66. The minimum atomic E-state index is -5.16. The Kier molecular flexibility index (Phi) is 5.00. The molecule has 3 aliphatic rings. The summed E-state index contributed by atoms with van der Waals surface area (Å²) in [6.45, 7) is -1.000. The maximum absolute atomic E-state index is 11.3. The number of carbonyl (C=O) groups is 1. The summed E-state index contributed by atoms with van der Waals surface area (Å²) in [5, 5.41) is 33.9. The van der Waals surface area contributed by atoms with Gasteiger partial charge in [-0.15, -0.1) is 0 Å². The second kappa shape index (κ2) is 6.82. The van der Waals surface area contributed by atoms with E-state index in [0.29, 0.717) is 0 Å². The summed E-state index contributed by atoms with van der Waals surface area (Å²) in [4.78, 5) is 20.2. The van der Waals surface area contributed by atoms with Crippen molar-refractivity contribution in [1.29, 1.82) is 0 Å². The number of nitrogens with one attached hydrogen (secondary N) is 1. The van der Waals surface area contributed by atoms with Crippen molar-refractivity contribution in [3.8, 4) is 0 Å². The predicted molar refractivity (Wildman–Crippen MR) is 93.1 cm³/mol. The van der Waals surface area contributed by atoms with Crippen molar-refractivity contribution in [3.63, 3.8) is 0 Å². The first-order chi connectivity index (χ1) is 13.3. The smallest absolute Gasteiger partial charge is 0.404 e. The molecular weight excluding hydrogens is 418 g/mol. The quantitative estimate of drug-likeness (QED) is 0.142. The fraction of sp³-hybridized carbons (Fsp3) is 0.750. The van der Waals surface area contributed by atoms with Gasteiger partial charge in [-0.3, -0.25) is 4.55 Å².